The van der Waals surface area contributed by atoms with Gasteiger partial charge in [-0.15, -0.1) is 0 Å². The molecule has 0 heterocycles. The first-order chi connectivity index (χ1) is 12.3. The van der Waals surface area contributed by atoms with Gasteiger partial charge < -0.3 is 0 Å². The van der Waals surface area contributed by atoms with Crippen LogP contribution in [0.3, 0.4) is 0 Å². The van der Waals surface area contributed by atoms with Gasteiger partial charge in [0, 0.05) is 24.1 Å². The van der Waals surface area contributed by atoms with E-state index in [1.807, 2.05) is 14.0 Å². The number of nitrogens with zero attached hydrogens (tertiary/aromatic N) is 1. The van der Waals surface area contributed by atoms with Crippen molar-refractivity contribution >= 4 is 11.5 Å². The number of halogens is 1. The molecule has 0 bridgehead atoms. The van der Waals surface area contributed by atoms with Crippen LogP contribution in [0.4, 0.5) is 4.39 Å². The third-order valence-corrected chi connectivity index (χ3v) is 9.11. The topological polar surface area (TPSA) is 29.4 Å². The first-order valence-electron chi connectivity index (χ1n) is 10.6. The monoisotopic (exact) mass is 359 g/mol. The zero-order valence-electron chi connectivity index (χ0n) is 16.9. The zero-order valence-corrected chi connectivity index (χ0v) is 16.9. The van der Waals surface area contributed by atoms with Crippen molar-refractivity contribution in [1.29, 1.82) is 0 Å². The van der Waals surface area contributed by atoms with Crippen LogP contribution in [-0.2, 0) is 4.79 Å². The van der Waals surface area contributed by atoms with Gasteiger partial charge in [0.25, 0.3) is 0 Å². The molecule has 144 valence electrons. The second-order valence-corrected chi connectivity index (χ2v) is 9.98. The first-order valence-corrected chi connectivity index (χ1v) is 10.6. The Kier molecular flexibility index (Phi) is 4.24. The molecule has 0 spiro atoms. The fraction of sp³-hybridized carbons (Fsp3) is 0.826. The van der Waals surface area contributed by atoms with E-state index < -0.39 is 11.6 Å². The van der Waals surface area contributed by atoms with E-state index in [9.17, 15) is 9.18 Å². The minimum Gasteiger partial charge on any atom is -0.297 e. The number of allylic oxidation sites excluding steroid dienone is 1. The number of carbonyl (C=O) groups excluding carboxylic acids is 1. The van der Waals surface area contributed by atoms with Crippen molar-refractivity contribution in [2.45, 2.75) is 71.9 Å². The van der Waals surface area contributed by atoms with Crippen LogP contribution in [0.2, 0.25) is 0 Å². The van der Waals surface area contributed by atoms with Crippen molar-refractivity contribution in [2.75, 3.05) is 7.05 Å². The summed E-state index contributed by atoms with van der Waals surface area (Å²) in [5.74, 6) is 2.14. The van der Waals surface area contributed by atoms with Gasteiger partial charge in [-0.2, -0.15) is 0 Å². The molecule has 0 aliphatic heterocycles. The molecule has 4 fully saturated rings. The average molecular weight is 360 g/mol. The Morgan fingerprint density at radius 2 is 2.00 bits per heavy atom. The maximum absolute atomic E-state index is 14.4. The van der Waals surface area contributed by atoms with Crippen molar-refractivity contribution in [1.82, 2.24) is 0 Å². The van der Waals surface area contributed by atoms with Crippen molar-refractivity contribution in [3.63, 3.8) is 0 Å². The lowest BCUT2D eigenvalue weighted by atomic mass is 9.42. The molecule has 4 rings (SSSR count). The summed E-state index contributed by atoms with van der Waals surface area (Å²) in [7, 11) is 1.94. The van der Waals surface area contributed by atoms with Crippen molar-refractivity contribution < 1.29 is 9.18 Å². The van der Waals surface area contributed by atoms with E-state index in [1.165, 1.54) is 11.3 Å². The van der Waals surface area contributed by atoms with Crippen LogP contribution in [0.1, 0.15) is 65.7 Å². The first kappa shape index (κ1) is 18.4. The standard InChI is InChI=1S/C23H34FNO/c1-6-14-19(25-5)8-10-22(3)16-7-9-23(4)17(12-18(24)21(23)26)15(16)11-13(2)20(14)22/h14-18,20H,2,6-12H2,1,3-5H3/t14-,15?,16?,17?,18?,20?,22?,23-/m0/s1. The molecule has 0 aromatic carbocycles. The third-order valence-electron chi connectivity index (χ3n) is 9.11. The summed E-state index contributed by atoms with van der Waals surface area (Å²) in [4.78, 5) is 17.2. The number of ketones is 1. The minimum atomic E-state index is -1.24. The van der Waals surface area contributed by atoms with Gasteiger partial charge in [0.05, 0.1) is 0 Å². The number of hydrogen-bond acceptors (Lipinski definition) is 2. The van der Waals surface area contributed by atoms with Gasteiger partial charge in [-0.1, -0.05) is 32.9 Å². The molecule has 0 aromatic rings. The molecule has 8 atom stereocenters. The van der Waals surface area contributed by atoms with Crippen LogP contribution in [0, 0.1) is 40.4 Å². The molecule has 4 aliphatic rings. The van der Waals surface area contributed by atoms with Gasteiger partial charge in [0.1, 0.15) is 0 Å². The number of aliphatic imine (C=N–C) groups is 1. The molecule has 2 nitrogen and oxygen atoms in total. The Labute approximate surface area is 157 Å². The van der Waals surface area contributed by atoms with Crippen LogP contribution in [0.15, 0.2) is 17.1 Å². The molecular weight excluding hydrogens is 325 g/mol. The number of carbonyl (C=O) groups is 1. The minimum absolute atomic E-state index is 0.116. The predicted molar refractivity (Wildman–Crippen MR) is 104 cm³/mol. The van der Waals surface area contributed by atoms with Crippen molar-refractivity contribution in [3.8, 4) is 0 Å². The smallest absolute Gasteiger partial charge is 0.173 e. The number of alkyl halides is 1. The second-order valence-electron chi connectivity index (χ2n) is 9.98. The van der Waals surface area contributed by atoms with Crippen LogP contribution in [0.5, 0.6) is 0 Å². The Morgan fingerprint density at radius 1 is 1.27 bits per heavy atom. The fourth-order valence-corrected chi connectivity index (χ4v) is 7.88. The highest BCUT2D eigenvalue weighted by molar-refractivity contribution is 5.91. The number of fused-ring (bicyclic) bond motifs is 5. The Hall–Kier alpha value is -0.990. The highest BCUT2D eigenvalue weighted by Gasteiger charge is 2.64. The fourth-order valence-electron chi connectivity index (χ4n) is 7.88. The molecule has 0 radical (unpaired) electrons. The van der Waals surface area contributed by atoms with Gasteiger partial charge in [-0.25, -0.2) is 4.39 Å². The molecular formula is C23H34FNO. The number of Topliss-reactive ketones (excluding diaryl/α,β-unsaturated/α-hetero) is 1. The van der Waals surface area contributed by atoms with E-state index in [0.29, 0.717) is 30.1 Å². The van der Waals surface area contributed by atoms with Crippen molar-refractivity contribution in [2.24, 2.45) is 45.4 Å². The van der Waals surface area contributed by atoms with E-state index in [-0.39, 0.29) is 17.1 Å². The van der Waals surface area contributed by atoms with E-state index in [0.717, 1.165) is 38.5 Å². The molecule has 26 heavy (non-hydrogen) atoms. The van der Waals surface area contributed by atoms with Crippen molar-refractivity contribution in [3.05, 3.63) is 12.2 Å². The normalized spacial score (nSPS) is 52.6. The third kappa shape index (κ3) is 2.21. The predicted octanol–water partition coefficient (Wildman–Crippen LogP) is 5.42. The summed E-state index contributed by atoms with van der Waals surface area (Å²) in [5, 5.41) is 0. The molecule has 3 heteroatoms. The number of rotatable bonds is 1. The lowest BCUT2D eigenvalue weighted by Crippen LogP contribution is -2.56. The molecule has 0 saturated heterocycles. The molecule has 0 amide bonds. The molecule has 0 N–H and O–H groups in total. The van der Waals surface area contributed by atoms with Crippen LogP contribution >= 0.6 is 0 Å². The van der Waals surface area contributed by atoms with Gasteiger partial charge in [0.15, 0.2) is 12.0 Å². The quantitative estimate of drug-likeness (QED) is 0.575. The van der Waals surface area contributed by atoms with Crippen LogP contribution in [-0.4, -0.2) is 24.7 Å². The van der Waals surface area contributed by atoms with Crippen LogP contribution in [0.25, 0.3) is 0 Å². The lowest BCUT2D eigenvalue weighted by Gasteiger charge is -2.61. The molecule has 6 unspecified atom stereocenters. The van der Waals surface area contributed by atoms with Gasteiger partial charge >= 0.3 is 0 Å². The molecule has 0 aromatic heterocycles. The largest absolute Gasteiger partial charge is 0.297 e. The summed E-state index contributed by atoms with van der Waals surface area (Å²) >= 11 is 0. The summed E-state index contributed by atoms with van der Waals surface area (Å²) < 4.78 is 14.4. The average Bonchev–Trinajstić information content (AvgIpc) is 2.85. The van der Waals surface area contributed by atoms with E-state index in [4.69, 9.17) is 0 Å². The Balaban J connectivity index is 1.72. The molecule has 4 saturated carbocycles. The molecule has 4 aliphatic carbocycles. The maximum atomic E-state index is 14.4. The zero-order chi connectivity index (χ0) is 18.9. The van der Waals surface area contributed by atoms with Crippen LogP contribution < -0.4 is 0 Å². The highest BCUT2D eigenvalue weighted by Crippen LogP contribution is 2.67. The second kappa shape index (κ2) is 6.01. The summed E-state index contributed by atoms with van der Waals surface area (Å²) in [5.41, 5.74) is 2.52. The van der Waals surface area contributed by atoms with Gasteiger partial charge in [0.2, 0.25) is 0 Å². The van der Waals surface area contributed by atoms with Gasteiger partial charge in [-0.3, -0.25) is 9.79 Å². The summed E-state index contributed by atoms with van der Waals surface area (Å²) in [6.45, 7) is 11.3. The number of hydrogen-bond donors (Lipinski definition) is 0. The summed E-state index contributed by atoms with van der Waals surface area (Å²) in [6.07, 6.45) is 5.51. The highest BCUT2D eigenvalue weighted by atomic mass is 19.1. The summed E-state index contributed by atoms with van der Waals surface area (Å²) in [6, 6.07) is 0. The SMILES string of the molecule is C=C1CC2C(CC[C@]3(C)C(=O)C(F)CC23)C2(C)CCC(=NC)[C@H](CC)C12. The lowest BCUT2D eigenvalue weighted by molar-refractivity contribution is -0.137. The van der Waals surface area contributed by atoms with E-state index >= 15 is 0 Å². The Bertz CT molecular complexity index is 669. The van der Waals surface area contributed by atoms with E-state index in [2.05, 4.69) is 25.4 Å². The Morgan fingerprint density at radius 3 is 2.65 bits per heavy atom. The van der Waals surface area contributed by atoms with Gasteiger partial charge in [-0.05, 0) is 74.0 Å². The van der Waals surface area contributed by atoms with E-state index in [1.54, 1.807) is 0 Å². The maximum Gasteiger partial charge on any atom is 0.173 e.